The molecular weight excluding hydrogens is 252 g/mol. The lowest BCUT2D eigenvalue weighted by Gasteiger charge is -2.24. The molecule has 1 aliphatic rings. The standard InChI is InChI=1S/C15H14N4O/c16-10-5-6-14-17-18-15(19(14)9-10)12-7-8-20-13-4-2-1-3-11(12)13/h1-6,9,12H,7-8,16H2. The Morgan fingerprint density at radius 1 is 1.15 bits per heavy atom. The smallest absolute Gasteiger partial charge is 0.160 e. The van der Waals surface area contributed by atoms with Crippen LogP contribution in [0.4, 0.5) is 5.69 Å². The lowest BCUT2D eigenvalue weighted by atomic mass is 9.92. The van der Waals surface area contributed by atoms with Crippen molar-refractivity contribution in [2.75, 3.05) is 12.3 Å². The molecule has 0 spiro atoms. The quantitative estimate of drug-likeness (QED) is 0.733. The van der Waals surface area contributed by atoms with Crippen molar-refractivity contribution in [3.8, 4) is 5.75 Å². The summed E-state index contributed by atoms with van der Waals surface area (Å²) in [6.07, 6.45) is 2.77. The molecule has 0 saturated carbocycles. The van der Waals surface area contributed by atoms with Crippen LogP contribution in [-0.2, 0) is 0 Å². The second kappa shape index (κ2) is 4.23. The van der Waals surface area contributed by atoms with Crippen LogP contribution in [0.1, 0.15) is 23.7 Å². The summed E-state index contributed by atoms with van der Waals surface area (Å²) in [5.41, 5.74) is 8.56. The maximum Gasteiger partial charge on any atom is 0.160 e. The summed E-state index contributed by atoms with van der Waals surface area (Å²) < 4.78 is 7.68. The van der Waals surface area contributed by atoms with Gasteiger partial charge in [-0.15, -0.1) is 10.2 Å². The zero-order chi connectivity index (χ0) is 13.5. The number of pyridine rings is 1. The maximum absolute atomic E-state index is 5.88. The van der Waals surface area contributed by atoms with E-state index in [0.29, 0.717) is 12.3 Å². The number of ether oxygens (including phenoxy) is 1. The first-order valence-corrected chi connectivity index (χ1v) is 6.65. The first-order valence-electron chi connectivity index (χ1n) is 6.65. The number of hydrogen-bond donors (Lipinski definition) is 1. The SMILES string of the molecule is Nc1ccc2nnc(C3CCOc4ccccc43)n2c1. The van der Waals surface area contributed by atoms with Crippen molar-refractivity contribution < 1.29 is 4.74 Å². The highest BCUT2D eigenvalue weighted by molar-refractivity contribution is 5.49. The molecule has 3 heterocycles. The van der Waals surface area contributed by atoms with Crippen LogP contribution in [0.25, 0.3) is 5.65 Å². The summed E-state index contributed by atoms with van der Waals surface area (Å²) in [6.45, 7) is 0.693. The summed E-state index contributed by atoms with van der Waals surface area (Å²) >= 11 is 0. The molecule has 0 radical (unpaired) electrons. The van der Waals surface area contributed by atoms with Gasteiger partial charge in [0, 0.05) is 17.4 Å². The number of rotatable bonds is 1. The fraction of sp³-hybridized carbons (Fsp3) is 0.200. The molecule has 2 N–H and O–H groups in total. The number of hydrogen-bond acceptors (Lipinski definition) is 4. The van der Waals surface area contributed by atoms with Crippen molar-refractivity contribution in [3.05, 3.63) is 54.0 Å². The molecule has 0 saturated heterocycles. The number of benzene rings is 1. The van der Waals surface area contributed by atoms with Crippen molar-refractivity contribution in [1.82, 2.24) is 14.6 Å². The molecule has 3 aromatic rings. The second-order valence-electron chi connectivity index (χ2n) is 4.98. The lowest BCUT2D eigenvalue weighted by molar-refractivity contribution is 0.274. The van der Waals surface area contributed by atoms with E-state index in [1.54, 1.807) is 0 Å². The average molecular weight is 266 g/mol. The molecule has 4 rings (SSSR count). The highest BCUT2D eigenvalue weighted by Gasteiger charge is 2.26. The van der Waals surface area contributed by atoms with Gasteiger partial charge < -0.3 is 10.5 Å². The number of nitrogen functional groups attached to an aromatic ring is 1. The van der Waals surface area contributed by atoms with Gasteiger partial charge in [0.05, 0.1) is 12.5 Å². The number of nitrogens with zero attached hydrogens (tertiary/aromatic N) is 3. The molecule has 1 aliphatic heterocycles. The van der Waals surface area contributed by atoms with Gasteiger partial charge in [-0.1, -0.05) is 18.2 Å². The van der Waals surface area contributed by atoms with Crippen LogP contribution in [0.15, 0.2) is 42.6 Å². The number of fused-ring (bicyclic) bond motifs is 2. The van der Waals surface area contributed by atoms with Crippen LogP contribution in [-0.4, -0.2) is 21.2 Å². The van der Waals surface area contributed by atoms with E-state index < -0.39 is 0 Å². The predicted octanol–water partition coefficient (Wildman–Crippen LogP) is 2.23. The molecule has 1 unspecified atom stereocenters. The topological polar surface area (TPSA) is 65.4 Å². The third kappa shape index (κ3) is 1.63. The fourth-order valence-corrected chi connectivity index (χ4v) is 2.77. The Morgan fingerprint density at radius 3 is 3.00 bits per heavy atom. The molecule has 5 heteroatoms. The minimum atomic E-state index is 0.191. The number of aromatic nitrogens is 3. The van der Waals surface area contributed by atoms with Crippen molar-refractivity contribution in [1.29, 1.82) is 0 Å². The van der Waals surface area contributed by atoms with E-state index in [0.717, 1.165) is 29.2 Å². The molecule has 20 heavy (non-hydrogen) atoms. The monoisotopic (exact) mass is 266 g/mol. The normalized spacial score (nSPS) is 17.7. The molecular formula is C15H14N4O. The number of anilines is 1. The van der Waals surface area contributed by atoms with Crippen molar-refractivity contribution in [3.63, 3.8) is 0 Å². The molecule has 0 fully saturated rings. The van der Waals surface area contributed by atoms with E-state index in [-0.39, 0.29) is 5.92 Å². The Kier molecular flexibility index (Phi) is 2.39. The van der Waals surface area contributed by atoms with Crippen LogP contribution < -0.4 is 10.5 Å². The average Bonchev–Trinajstić information content (AvgIpc) is 2.89. The zero-order valence-corrected chi connectivity index (χ0v) is 10.9. The van der Waals surface area contributed by atoms with E-state index in [1.807, 2.05) is 40.9 Å². The molecule has 5 nitrogen and oxygen atoms in total. The number of nitrogens with two attached hydrogens (primary N) is 1. The van der Waals surface area contributed by atoms with Gasteiger partial charge in [0.2, 0.25) is 0 Å². The fourth-order valence-electron chi connectivity index (χ4n) is 2.77. The van der Waals surface area contributed by atoms with Gasteiger partial charge in [-0.2, -0.15) is 0 Å². The van der Waals surface area contributed by atoms with Gasteiger partial charge in [-0.25, -0.2) is 0 Å². The van der Waals surface area contributed by atoms with Crippen LogP contribution in [0.5, 0.6) is 5.75 Å². The summed E-state index contributed by atoms with van der Waals surface area (Å²) in [4.78, 5) is 0. The van der Waals surface area contributed by atoms with Crippen LogP contribution in [0.2, 0.25) is 0 Å². The summed E-state index contributed by atoms with van der Waals surface area (Å²) in [6, 6.07) is 11.8. The first kappa shape index (κ1) is 11.3. The van der Waals surface area contributed by atoms with Gasteiger partial charge in [0.25, 0.3) is 0 Å². The Hall–Kier alpha value is -2.56. The minimum absolute atomic E-state index is 0.191. The van der Waals surface area contributed by atoms with Gasteiger partial charge in [-0.3, -0.25) is 4.40 Å². The van der Waals surface area contributed by atoms with Crippen LogP contribution in [0.3, 0.4) is 0 Å². The van der Waals surface area contributed by atoms with Crippen molar-refractivity contribution in [2.24, 2.45) is 0 Å². The van der Waals surface area contributed by atoms with E-state index in [9.17, 15) is 0 Å². The third-order valence-electron chi connectivity index (χ3n) is 3.72. The van der Waals surface area contributed by atoms with Gasteiger partial charge >= 0.3 is 0 Å². The Bertz CT molecular complexity index is 780. The molecule has 0 amide bonds. The van der Waals surface area contributed by atoms with E-state index in [2.05, 4.69) is 16.3 Å². The van der Waals surface area contributed by atoms with Crippen molar-refractivity contribution in [2.45, 2.75) is 12.3 Å². The molecule has 0 aliphatic carbocycles. The van der Waals surface area contributed by atoms with Crippen molar-refractivity contribution >= 4 is 11.3 Å². The van der Waals surface area contributed by atoms with E-state index >= 15 is 0 Å². The molecule has 2 aromatic heterocycles. The molecule has 1 atom stereocenters. The third-order valence-corrected chi connectivity index (χ3v) is 3.72. The highest BCUT2D eigenvalue weighted by Crippen LogP contribution is 2.37. The lowest BCUT2D eigenvalue weighted by Crippen LogP contribution is -2.17. The van der Waals surface area contributed by atoms with E-state index in [1.165, 1.54) is 0 Å². The summed E-state index contributed by atoms with van der Waals surface area (Å²) in [7, 11) is 0. The molecule has 1 aromatic carbocycles. The minimum Gasteiger partial charge on any atom is -0.493 e. The van der Waals surface area contributed by atoms with Crippen LogP contribution >= 0.6 is 0 Å². The Morgan fingerprint density at radius 2 is 2.05 bits per heavy atom. The zero-order valence-electron chi connectivity index (χ0n) is 10.9. The van der Waals surface area contributed by atoms with Gasteiger partial charge in [-0.05, 0) is 24.6 Å². The maximum atomic E-state index is 5.88. The first-order chi connectivity index (χ1) is 9.83. The molecule has 0 bridgehead atoms. The second-order valence-corrected chi connectivity index (χ2v) is 4.98. The summed E-state index contributed by atoms with van der Waals surface area (Å²) in [5, 5.41) is 8.59. The largest absolute Gasteiger partial charge is 0.493 e. The van der Waals surface area contributed by atoms with Gasteiger partial charge in [0.1, 0.15) is 11.6 Å². The predicted molar refractivity (Wildman–Crippen MR) is 75.8 cm³/mol. The Labute approximate surface area is 116 Å². The highest BCUT2D eigenvalue weighted by atomic mass is 16.5. The summed E-state index contributed by atoms with van der Waals surface area (Å²) in [5.74, 6) is 2.05. The number of para-hydroxylation sites is 1. The van der Waals surface area contributed by atoms with E-state index in [4.69, 9.17) is 10.5 Å². The van der Waals surface area contributed by atoms with Crippen LogP contribution in [0, 0.1) is 0 Å². The van der Waals surface area contributed by atoms with Gasteiger partial charge in [0.15, 0.2) is 5.65 Å². The Balaban J connectivity index is 1.90. The molecule has 100 valence electrons.